The zero-order valence-corrected chi connectivity index (χ0v) is 32.1. The van der Waals surface area contributed by atoms with E-state index in [1.54, 1.807) is 23.6 Å². The molecule has 20 heteroatoms. The van der Waals surface area contributed by atoms with Crippen molar-refractivity contribution in [1.82, 2.24) is 34.5 Å². The van der Waals surface area contributed by atoms with E-state index in [1.165, 1.54) is 6.33 Å². The molecule has 58 heavy (non-hydrogen) atoms. The number of halogens is 6. The van der Waals surface area contributed by atoms with Crippen molar-refractivity contribution in [2.75, 3.05) is 50.0 Å². The minimum Gasteiger partial charge on any atom is -0.489 e. The van der Waals surface area contributed by atoms with Crippen molar-refractivity contribution < 1.29 is 40.6 Å². The van der Waals surface area contributed by atoms with Gasteiger partial charge in [-0.2, -0.15) is 33.1 Å². The van der Waals surface area contributed by atoms with Crippen molar-refractivity contribution in [3.63, 3.8) is 0 Å². The minimum absolute atomic E-state index is 0.0603. The molecular formula is C38H36F6N10O3S. The first-order chi connectivity index (χ1) is 27.7. The summed E-state index contributed by atoms with van der Waals surface area (Å²) in [6, 6.07) is 2.31. The lowest BCUT2D eigenvalue weighted by atomic mass is 9.91. The number of thiophene rings is 1. The summed E-state index contributed by atoms with van der Waals surface area (Å²) >= 11 is 0.662. The molecule has 13 nitrogen and oxygen atoms in total. The predicted octanol–water partition coefficient (Wildman–Crippen LogP) is 6.84. The highest BCUT2D eigenvalue weighted by atomic mass is 32.1. The number of fused-ring (bicyclic) bond motifs is 4. The minimum atomic E-state index is -5.27. The molecule has 0 unspecified atom stereocenters. The monoisotopic (exact) mass is 826 g/mol. The molecule has 0 radical (unpaired) electrons. The molecule has 4 atom stereocenters. The van der Waals surface area contributed by atoms with Gasteiger partial charge in [-0.1, -0.05) is 6.07 Å². The Kier molecular flexibility index (Phi) is 9.11. The van der Waals surface area contributed by atoms with E-state index in [2.05, 4.69) is 15.1 Å². The molecule has 2 N–H and O–H groups in total. The third kappa shape index (κ3) is 6.12. The van der Waals surface area contributed by atoms with E-state index in [4.69, 9.17) is 20.2 Å². The van der Waals surface area contributed by atoms with Crippen molar-refractivity contribution in [1.29, 1.82) is 5.26 Å². The van der Waals surface area contributed by atoms with Gasteiger partial charge in [-0.15, -0.1) is 16.4 Å². The van der Waals surface area contributed by atoms with E-state index in [0.29, 0.717) is 36.5 Å². The highest BCUT2D eigenvalue weighted by Gasteiger charge is 2.50. The molecule has 3 fully saturated rings. The van der Waals surface area contributed by atoms with Crippen molar-refractivity contribution in [3.8, 4) is 29.0 Å². The average Bonchev–Trinajstić information content (AvgIpc) is 3.90. The zero-order chi connectivity index (χ0) is 40.8. The molecule has 1 amide bonds. The maximum Gasteiger partial charge on any atom is 0.420 e. The first-order valence-corrected chi connectivity index (χ1v) is 19.7. The summed E-state index contributed by atoms with van der Waals surface area (Å²) < 4.78 is 108. The van der Waals surface area contributed by atoms with E-state index in [0.717, 1.165) is 23.2 Å². The lowest BCUT2D eigenvalue weighted by Gasteiger charge is -2.38. The van der Waals surface area contributed by atoms with Crippen LogP contribution in [0.1, 0.15) is 56.0 Å². The lowest BCUT2D eigenvalue weighted by Crippen LogP contribution is -2.47. The second-order valence-electron chi connectivity index (χ2n) is 15.4. The number of aryl methyl sites for hydroxylation is 1. The Morgan fingerprint density at radius 3 is 2.71 bits per heavy atom. The molecular weight excluding hydrogens is 791 g/mol. The van der Waals surface area contributed by atoms with Crippen LogP contribution in [-0.4, -0.2) is 104 Å². The van der Waals surface area contributed by atoms with Crippen LogP contribution in [0.2, 0.25) is 0 Å². The fraction of sp³-hybridized carbons (Fsp3) is 0.474. The van der Waals surface area contributed by atoms with Crippen molar-refractivity contribution in [2.24, 2.45) is 0 Å². The Balaban J connectivity index is 1.28. The van der Waals surface area contributed by atoms with Crippen LogP contribution < -0.4 is 20.1 Å². The number of alkyl halides is 4. The zero-order valence-electron chi connectivity index (χ0n) is 31.2. The van der Waals surface area contributed by atoms with Gasteiger partial charge in [-0.3, -0.25) is 4.90 Å². The molecule has 4 aliphatic heterocycles. The fourth-order valence-electron chi connectivity index (χ4n) is 9.26. The Morgan fingerprint density at radius 1 is 1.16 bits per heavy atom. The maximum atomic E-state index is 17.7. The number of rotatable bonds is 4. The van der Waals surface area contributed by atoms with Crippen molar-refractivity contribution >= 4 is 49.2 Å². The topological polar surface area (TPSA) is 152 Å². The van der Waals surface area contributed by atoms with Crippen LogP contribution in [0.3, 0.4) is 0 Å². The highest BCUT2D eigenvalue weighted by molar-refractivity contribution is 7.23. The Morgan fingerprint density at radius 2 is 1.97 bits per heavy atom. The Hall–Kier alpha value is -5.42. The predicted molar refractivity (Wildman–Crippen MR) is 201 cm³/mol. The summed E-state index contributed by atoms with van der Waals surface area (Å²) in [4.78, 5) is 32.1. The standard InChI is InChI=1S/C38H36F6N10O3S/c1-18-11-21-15-51(36(55)54-17-47-19(2)50-54)8-4-10-53(21)34-27-30(48-35(49-34)56-16-37-7-3-9-52(37)14-20(39)12-37)29(41)26(28(31(27)57-18)38(42,43)44)22-5-6-24(40)32-25(22)23(13-45)33(46)58-32/h5-6,17-18,20-21H,3-4,7-12,14-16,46H2,1-2H3/t18-,20+,21-,37-/m0/s1. The summed E-state index contributed by atoms with van der Waals surface area (Å²) in [6.07, 6.45) is -3.91. The van der Waals surface area contributed by atoms with E-state index < -0.39 is 75.7 Å². The molecule has 0 spiro atoms. The number of nitrogens with zero attached hydrogens (tertiary/aromatic N) is 9. The van der Waals surface area contributed by atoms with Crippen LogP contribution >= 0.6 is 11.3 Å². The average molecular weight is 827 g/mol. The van der Waals surface area contributed by atoms with E-state index in [1.807, 2.05) is 11.0 Å². The fourth-order valence-corrected chi connectivity index (χ4v) is 10.2. The molecule has 0 saturated carbocycles. The molecule has 0 aliphatic carbocycles. The summed E-state index contributed by atoms with van der Waals surface area (Å²) in [7, 11) is 0. The highest BCUT2D eigenvalue weighted by Crippen LogP contribution is 2.54. The van der Waals surface area contributed by atoms with Gasteiger partial charge in [0.1, 0.15) is 64.5 Å². The molecule has 0 bridgehead atoms. The van der Waals surface area contributed by atoms with E-state index in [-0.39, 0.29) is 83.5 Å². The van der Waals surface area contributed by atoms with Crippen LogP contribution in [-0.2, 0) is 6.18 Å². The molecule has 4 aliphatic rings. The summed E-state index contributed by atoms with van der Waals surface area (Å²) in [6.45, 7) is 4.56. The molecule has 3 aromatic heterocycles. The number of amides is 1. The Bertz CT molecular complexity index is 2540. The number of benzene rings is 2. The van der Waals surface area contributed by atoms with Gasteiger partial charge in [0.25, 0.3) is 0 Å². The largest absolute Gasteiger partial charge is 0.489 e. The molecule has 9 rings (SSSR count). The normalized spacial score (nSPS) is 23.6. The molecule has 5 aromatic rings. The summed E-state index contributed by atoms with van der Waals surface area (Å²) in [5.41, 5.74) is 1.55. The third-order valence-electron chi connectivity index (χ3n) is 11.7. The Labute approximate surface area is 330 Å². The van der Waals surface area contributed by atoms with E-state index >= 15 is 22.0 Å². The van der Waals surface area contributed by atoms with Gasteiger partial charge in [-0.25, -0.2) is 22.9 Å². The van der Waals surface area contributed by atoms with Crippen LogP contribution in [0.5, 0.6) is 11.8 Å². The van der Waals surface area contributed by atoms with Crippen LogP contribution in [0.4, 0.5) is 42.0 Å². The van der Waals surface area contributed by atoms with Crippen molar-refractivity contribution in [2.45, 2.75) is 76.0 Å². The third-order valence-corrected chi connectivity index (χ3v) is 12.7. The van der Waals surface area contributed by atoms with Gasteiger partial charge in [0.05, 0.1) is 33.3 Å². The van der Waals surface area contributed by atoms with Crippen LogP contribution in [0.25, 0.3) is 32.1 Å². The van der Waals surface area contributed by atoms with Gasteiger partial charge in [0, 0.05) is 50.0 Å². The van der Waals surface area contributed by atoms with Gasteiger partial charge in [-0.05, 0) is 51.3 Å². The van der Waals surface area contributed by atoms with E-state index in [9.17, 15) is 14.4 Å². The number of ether oxygens (including phenoxy) is 2. The second kappa shape index (κ2) is 13.9. The van der Waals surface area contributed by atoms with Crippen molar-refractivity contribution in [3.05, 3.63) is 47.0 Å². The van der Waals surface area contributed by atoms with Gasteiger partial charge in [0.2, 0.25) is 0 Å². The van der Waals surface area contributed by atoms with Gasteiger partial charge >= 0.3 is 18.2 Å². The number of carbonyl (C=O) groups is 1. The second-order valence-corrected chi connectivity index (χ2v) is 16.4. The smallest absolute Gasteiger partial charge is 0.420 e. The first-order valence-electron chi connectivity index (χ1n) is 18.9. The number of hydrogen-bond acceptors (Lipinski definition) is 12. The number of carbonyl (C=O) groups excluding carboxylic acids is 1. The van der Waals surface area contributed by atoms with Gasteiger partial charge < -0.3 is 25.0 Å². The number of anilines is 2. The number of hydrogen-bond donors (Lipinski definition) is 1. The number of nitrogens with two attached hydrogens (primary N) is 1. The van der Waals surface area contributed by atoms with Gasteiger partial charge in [0.15, 0.2) is 5.82 Å². The maximum absolute atomic E-state index is 17.7. The number of nitrogen functional groups attached to an aromatic ring is 1. The quantitative estimate of drug-likeness (QED) is 0.190. The summed E-state index contributed by atoms with van der Waals surface area (Å²) in [5, 5.41) is 13.4. The molecule has 2 aromatic carbocycles. The lowest BCUT2D eigenvalue weighted by molar-refractivity contribution is -0.138. The molecule has 3 saturated heterocycles. The molecule has 304 valence electrons. The SMILES string of the molecule is Cc1ncn(C(=O)N2CCCN3c4nc(OC[C@@]56CCCN5C[C@H](F)C6)nc5c(F)c(-c6ccc(F)c7sc(N)c(C#N)c67)c(C(F)(F)F)c(c45)O[C@@H](C)C[C@H]3C2)n1. The number of aromatic nitrogens is 5. The molecule has 7 heterocycles. The summed E-state index contributed by atoms with van der Waals surface area (Å²) in [5.74, 6) is -2.76. The first kappa shape index (κ1) is 38.1. The van der Waals surface area contributed by atoms with Crippen LogP contribution in [0.15, 0.2) is 18.5 Å². The number of nitriles is 1. The van der Waals surface area contributed by atoms with Crippen LogP contribution in [0, 0.1) is 29.9 Å².